The van der Waals surface area contributed by atoms with Crippen molar-refractivity contribution in [1.82, 2.24) is 4.98 Å². The second-order valence-corrected chi connectivity index (χ2v) is 4.69. The molecule has 1 heterocycles. The van der Waals surface area contributed by atoms with E-state index >= 15 is 0 Å². The van der Waals surface area contributed by atoms with Gasteiger partial charge in [-0.3, -0.25) is 10.1 Å². The molecular formula is C12H8BrFN2O3. The first-order valence-electron chi connectivity index (χ1n) is 5.21. The van der Waals surface area contributed by atoms with Gasteiger partial charge < -0.3 is 4.74 Å². The van der Waals surface area contributed by atoms with Crippen LogP contribution in [-0.2, 0) is 0 Å². The summed E-state index contributed by atoms with van der Waals surface area (Å²) in [4.78, 5) is 14.0. The Morgan fingerprint density at radius 2 is 2.16 bits per heavy atom. The standard InChI is InChI=1S/C12H8BrFN2O3/c1-7-2-3-9(14)11(4-7)19-12-10(16(17)18)5-8(13)6-15-12/h2-6H,1H3. The summed E-state index contributed by atoms with van der Waals surface area (Å²) in [5, 5.41) is 10.9. The van der Waals surface area contributed by atoms with Gasteiger partial charge in [0.15, 0.2) is 11.6 Å². The van der Waals surface area contributed by atoms with E-state index in [1.54, 1.807) is 13.0 Å². The van der Waals surface area contributed by atoms with Crippen LogP contribution in [0.2, 0.25) is 0 Å². The molecule has 5 nitrogen and oxygen atoms in total. The number of nitro groups is 1. The fourth-order valence-corrected chi connectivity index (χ4v) is 1.74. The predicted molar refractivity (Wildman–Crippen MR) is 69.8 cm³/mol. The fourth-order valence-electron chi connectivity index (χ4n) is 1.42. The van der Waals surface area contributed by atoms with Crippen LogP contribution in [0.3, 0.4) is 0 Å². The van der Waals surface area contributed by atoms with Crippen LogP contribution in [0.25, 0.3) is 0 Å². The highest BCUT2D eigenvalue weighted by Crippen LogP contribution is 2.32. The molecule has 0 aliphatic heterocycles. The van der Waals surface area contributed by atoms with Gasteiger partial charge in [-0.15, -0.1) is 0 Å². The molecule has 98 valence electrons. The monoisotopic (exact) mass is 326 g/mol. The Kier molecular flexibility index (Phi) is 3.75. The zero-order chi connectivity index (χ0) is 14.0. The number of aromatic nitrogens is 1. The number of pyridine rings is 1. The summed E-state index contributed by atoms with van der Waals surface area (Å²) in [6.45, 7) is 1.76. The molecule has 0 radical (unpaired) electrons. The van der Waals surface area contributed by atoms with Gasteiger partial charge in [0.2, 0.25) is 0 Å². The van der Waals surface area contributed by atoms with E-state index in [1.807, 2.05) is 0 Å². The molecule has 1 aromatic heterocycles. The average Bonchev–Trinajstić information content (AvgIpc) is 2.35. The van der Waals surface area contributed by atoms with Gasteiger partial charge >= 0.3 is 5.69 Å². The molecule has 0 fully saturated rings. The first-order chi connectivity index (χ1) is 8.97. The lowest BCUT2D eigenvalue weighted by atomic mass is 10.2. The van der Waals surface area contributed by atoms with Gasteiger partial charge in [0.1, 0.15) is 0 Å². The Balaban J connectivity index is 2.43. The molecule has 0 spiro atoms. The van der Waals surface area contributed by atoms with Gasteiger partial charge in [-0.25, -0.2) is 9.37 Å². The smallest absolute Gasteiger partial charge is 0.332 e. The maximum Gasteiger partial charge on any atom is 0.332 e. The van der Waals surface area contributed by atoms with Crippen molar-refractivity contribution in [2.24, 2.45) is 0 Å². The Bertz CT molecular complexity index is 649. The number of hydrogen-bond acceptors (Lipinski definition) is 4. The third-order valence-corrected chi connectivity index (χ3v) is 2.72. The van der Waals surface area contributed by atoms with E-state index in [2.05, 4.69) is 20.9 Å². The highest BCUT2D eigenvalue weighted by Gasteiger charge is 2.19. The minimum atomic E-state index is -0.638. The van der Waals surface area contributed by atoms with Crippen molar-refractivity contribution in [3.8, 4) is 11.6 Å². The molecule has 0 bridgehead atoms. The summed E-state index contributed by atoms with van der Waals surface area (Å²) in [7, 11) is 0. The Hall–Kier alpha value is -2.02. The number of benzene rings is 1. The van der Waals surface area contributed by atoms with Gasteiger partial charge in [0.05, 0.1) is 4.92 Å². The Morgan fingerprint density at radius 1 is 1.42 bits per heavy atom. The van der Waals surface area contributed by atoms with E-state index in [4.69, 9.17) is 4.74 Å². The number of nitrogens with zero attached hydrogens (tertiary/aromatic N) is 2. The molecule has 0 amide bonds. The van der Waals surface area contributed by atoms with Crippen LogP contribution in [0.15, 0.2) is 34.9 Å². The van der Waals surface area contributed by atoms with Gasteiger partial charge in [-0.1, -0.05) is 6.07 Å². The predicted octanol–water partition coefficient (Wildman–Crippen LogP) is 3.99. The maximum atomic E-state index is 13.5. The molecule has 0 N–H and O–H groups in total. The van der Waals surface area contributed by atoms with Crippen molar-refractivity contribution in [1.29, 1.82) is 0 Å². The van der Waals surface area contributed by atoms with Crippen LogP contribution in [0.5, 0.6) is 11.6 Å². The van der Waals surface area contributed by atoms with E-state index in [0.29, 0.717) is 4.47 Å². The molecule has 0 atom stereocenters. The number of hydrogen-bond donors (Lipinski definition) is 0. The zero-order valence-electron chi connectivity index (χ0n) is 9.76. The van der Waals surface area contributed by atoms with E-state index in [1.165, 1.54) is 24.4 Å². The molecule has 0 unspecified atom stereocenters. The molecule has 0 saturated carbocycles. The average molecular weight is 327 g/mol. The first-order valence-corrected chi connectivity index (χ1v) is 6.00. The van der Waals surface area contributed by atoms with E-state index in [9.17, 15) is 14.5 Å². The Labute approximate surface area is 116 Å². The molecule has 2 aromatic rings. The molecule has 0 aliphatic rings. The minimum Gasteiger partial charge on any atom is -0.431 e. The summed E-state index contributed by atoms with van der Waals surface area (Å²) in [5.41, 5.74) is 0.437. The van der Waals surface area contributed by atoms with Crippen LogP contribution in [0, 0.1) is 22.9 Å². The molecule has 1 aromatic carbocycles. The topological polar surface area (TPSA) is 65.3 Å². The second-order valence-electron chi connectivity index (χ2n) is 3.77. The van der Waals surface area contributed by atoms with Gasteiger partial charge in [-0.05, 0) is 40.5 Å². The minimum absolute atomic E-state index is 0.0991. The summed E-state index contributed by atoms with van der Waals surface area (Å²) < 4.78 is 19.2. The van der Waals surface area contributed by atoms with Gasteiger partial charge in [0.25, 0.3) is 5.88 Å². The van der Waals surface area contributed by atoms with Crippen LogP contribution in [-0.4, -0.2) is 9.91 Å². The van der Waals surface area contributed by atoms with E-state index < -0.39 is 10.7 Å². The van der Waals surface area contributed by atoms with Crippen molar-refractivity contribution >= 4 is 21.6 Å². The van der Waals surface area contributed by atoms with Crippen molar-refractivity contribution in [3.63, 3.8) is 0 Å². The molecule has 0 saturated heterocycles. The van der Waals surface area contributed by atoms with Crippen LogP contribution in [0.1, 0.15) is 5.56 Å². The Morgan fingerprint density at radius 3 is 2.84 bits per heavy atom. The third-order valence-electron chi connectivity index (χ3n) is 2.29. The van der Waals surface area contributed by atoms with E-state index in [-0.39, 0.29) is 17.3 Å². The van der Waals surface area contributed by atoms with E-state index in [0.717, 1.165) is 5.56 Å². The van der Waals surface area contributed by atoms with Crippen molar-refractivity contribution < 1.29 is 14.1 Å². The van der Waals surface area contributed by atoms with Crippen molar-refractivity contribution in [2.75, 3.05) is 0 Å². The van der Waals surface area contributed by atoms with Crippen LogP contribution < -0.4 is 4.74 Å². The number of aryl methyl sites for hydroxylation is 1. The summed E-state index contributed by atoms with van der Waals surface area (Å²) in [5.74, 6) is -0.958. The van der Waals surface area contributed by atoms with Gasteiger partial charge in [0, 0.05) is 16.7 Å². The van der Waals surface area contributed by atoms with Gasteiger partial charge in [-0.2, -0.15) is 0 Å². The number of ether oxygens (including phenoxy) is 1. The van der Waals surface area contributed by atoms with Crippen molar-refractivity contribution in [3.05, 3.63) is 56.4 Å². The van der Waals surface area contributed by atoms with Crippen LogP contribution in [0.4, 0.5) is 10.1 Å². The quantitative estimate of drug-likeness (QED) is 0.631. The molecule has 2 rings (SSSR count). The summed E-state index contributed by atoms with van der Waals surface area (Å²) in [6.07, 6.45) is 1.34. The SMILES string of the molecule is Cc1ccc(F)c(Oc2ncc(Br)cc2[N+](=O)[O-])c1. The fraction of sp³-hybridized carbons (Fsp3) is 0.0833. The van der Waals surface area contributed by atoms with Crippen LogP contribution >= 0.6 is 15.9 Å². The lowest BCUT2D eigenvalue weighted by Crippen LogP contribution is -1.97. The molecular weight excluding hydrogens is 319 g/mol. The largest absolute Gasteiger partial charge is 0.431 e. The highest BCUT2D eigenvalue weighted by molar-refractivity contribution is 9.10. The lowest BCUT2D eigenvalue weighted by molar-refractivity contribution is -0.386. The molecule has 7 heteroatoms. The first kappa shape index (κ1) is 13.4. The second kappa shape index (κ2) is 5.31. The summed E-state index contributed by atoms with van der Waals surface area (Å²) in [6, 6.07) is 5.50. The molecule has 0 aliphatic carbocycles. The third kappa shape index (κ3) is 3.05. The van der Waals surface area contributed by atoms with Crippen molar-refractivity contribution in [2.45, 2.75) is 6.92 Å². The normalized spacial score (nSPS) is 10.3. The zero-order valence-corrected chi connectivity index (χ0v) is 11.3. The highest BCUT2D eigenvalue weighted by atomic mass is 79.9. The molecule has 19 heavy (non-hydrogen) atoms. The maximum absolute atomic E-state index is 13.5. The number of halogens is 2. The number of rotatable bonds is 3. The summed E-state index contributed by atoms with van der Waals surface area (Å²) >= 11 is 3.08. The lowest BCUT2D eigenvalue weighted by Gasteiger charge is -2.07.